The summed E-state index contributed by atoms with van der Waals surface area (Å²) in [5.41, 5.74) is 2.44. The summed E-state index contributed by atoms with van der Waals surface area (Å²) >= 11 is 0. The van der Waals surface area contributed by atoms with Crippen molar-refractivity contribution in [3.05, 3.63) is 71.3 Å². The number of hydrogen-bond donors (Lipinski definition) is 0. The third-order valence-corrected chi connectivity index (χ3v) is 3.90. The highest BCUT2D eigenvalue weighted by Gasteiger charge is 2.36. The van der Waals surface area contributed by atoms with E-state index in [2.05, 4.69) is 4.74 Å². The van der Waals surface area contributed by atoms with Crippen LogP contribution in [0.25, 0.3) is 0 Å². The Morgan fingerprint density at radius 1 is 1.05 bits per heavy atom. The van der Waals surface area contributed by atoms with E-state index in [0.717, 1.165) is 11.1 Å². The van der Waals surface area contributed by atoms with Gasteiger partial charge in [-0.15, -0.1) is 0 Å². The lowest BCUT2D eigenvalue weighted by molar-refractivity contribution is -0.141. The number of carbonyl (C=O) groups excluding carboxylic acids is 2. The fourth-order valence-electron chi connectivity index (χ4n) is 2.78. The van der Waals surface area contributed by atoms with Crippen LogP contribution < -0.4 is 0 Å². The largest absolute Gasteiger partial charge is 0.465 e. The maximum absolute atomic E-state index is 11.7. The highest BCUT2D eigenvalue weighted by atomic mass is 16.6. The number of cyclic esters (lactones) is 1. The van der Waals surface area contributed by atoms with Gasteiger partial charge in [0.15, 0.2) is 0 Å². The number of ether oxygens (including phenoxy) is 2. The molecular formula is C18H16O4. The van der Waals surface area contributed by atoms with Crippen LogP contribution in [0.4, 0.5) is 0 Å². The molecule has 0 aliphatic carbocycles. The number of hydrogen-bond acceptors (Lipinski definition) is 4. The molecule has 0 spiro atoms. The molecule has 1 aliphatic heterocycles. The Morgan fingerprint density at radius 3 is 2.36 bits per heavy atom. The minimum Gasteiger partial charge on any atom is -0.465 e. The van der Waals surface area contributed by atoms with Crippen LogP contribution in [0.5, 0.6) is 0 Å². The van der Waals surface area contributed by atoms with E-state index in [0.29, 0.717) is 12.0 Å². The van der Waals surface area contributed by atoms with Crippen molar-refractivity contribution in [1.82, 2.24) is 0 Å². The Labute approximate surface area is 128 Å². The molecular weight excluding hydrogens is 280 g/mol. The zero-order chi connectivity index (χ0) is 15.5. The van der Waals surface area contributed by atoms with Crippen molar-refractivity contribution in [2.75, 3.05) is 7.11 Å². The number of esters is 2. The molecule has 3 rings (SSSR count). The summed E-state index contributed by atoms with van der Waals surface area (Å²) < 4.78 is 10.2. The van der Waals surface area contributed by atoms with Crippen LogP contribution in [0.1, 0.15) is 39.9 Å². The lowest BCUT2D eigenvalue weighted by atomic mass is 9.88. The SMILES string of the molecule is COC(=O)c1ccc([C@H]2OC(=O)C[C@@H]2c2ccccc2)cc1. The molecule has 0 bridgehead atoms. The quantitative estimate of drug-likeness (QED) is 0.816. The number of benzene rings is 2. The predicted octanol–water partition coefficient (Wildman–Crippen LogP) is 3.25. The zero-order valence-corrected chi connectivity index (χ0v) is 12.2. The predicted molar refractivity (Wildman–Crippen MR) is 80.4 cm³/mol. The number of carbonyl (C=O) groups is 2. The van der Waals surface area contributed by atoms with Gasteiger partial charge in [-0.1, -0.05) is 42.5 Å². The van der Waals surface area contributed by atoms with Gasteiger partial charge < -0.3 is 9.47 Å². The van der Waals surface area contributed by atoms with Crippen LogP contribution in [0.3, 0.4) is 0 Å². The Kier molecular flexibility index (Phi) is 3.92. The van der Waals surface area contributed by atoms with E-state index in [1.54, 1.807) is 12.1 Å². The first kappa shape index (κ1) is 14.3. The summed E-state index contributed by atoms with van der Waals surface area (Å²) in [6.07, 6.45) is 0.0505. The topological polar surface area (TPSA) is 52.6 Å². The molecule has 1 saturated heterocycles. The third kappa shape index (κ3) is 2.72. The fraction of sp³-hybridized carbons (Fsp3) is 0.222. The van der Waals surface area contributed by atoms with Crippen LogP contribution in [-0.4, -0.2) is 19.0 Å². The van der Waals surface area contributed by atoms with Gasteiger partial charge in [-0.3, -0.25) is 4.79 Å². The molecule has 2 atom stereocenters. The summed E-state index contributed by atoms with van der Waals surface area (Å²) in [4.78, 5) is 23.2. The molecule has 0 amide bonds. The van der Waals surface area contributed by atoms with E-state index < -0.39 is 0 Å². The number of methoxy groups -OCH3 is 1. The first-order valence-electron chi connectivity index (χ1n) is 7.11. The van der Waals surface area contributed by atoms with Crippen molar-refractivity contribution >= 4 is 11.9 Å². The van der Waals surface area contributed by atoms with E-state index in [9.17, 15) is 9.59 Å². The van der Waals surface area contributed by atoms with Crippen molar-refractivity contribution < 1.29 is 19.1 Å². The Bertz CT molecular complexity index is 676. The van der Waals surface area contributed by atoms with Gasteiger partial charge in [-0.25, -0.2) is 4.79 Å². The van der Waals surface area contributed by atoms with Gasteiger partial charge in [0.25, 0.3) is 0 Å². The molecule has 4 heteroatoms. The lowest BCUT2D eigenvalue weighted by Crippen LogP contribution is -2.07. The lowest BCUT2D eigenvalue weighted by Gasteiger charge is -2.18. The summed E-state index contributed by atoms with van der Waals surface area (Å²) in [6, 6.07) is 16.9. The first-order valence-corrected chi connectivity index (χ1v) is 7.11. The number of rotatable bonds is 3. The molecule has 22 heavy (non-hydrogen) atoms. The van der Waals surface area contributed by atoms with Crippen LogP contribution in [0.2, 0.25) is 0 Å². The van der Waals surface area contributed by atoms with E-state index in [4.69, 9.17) is 4.74 Å². The smallest absolute Gasteiger partial charge is 0.337 e. The second-order valence-electron chi connectivity index (χ2n) is 5.25. The molecule has 0 aromatic heterocycles. The molecule has 2 aromatic rings. The fourth-order valence-corrected chi connectivity index (χ4v) is 2.78. The molecule has 1 aliphatic rings. The Balaban J connectivity index is 1.89. The molecule has 112 valence electrons. The van der Waals surface area contributed by atoms with Crippen LogP contribution in [-0.2, 0) is 14.3 Å². The standard InChI is InChI=1S/C18H16O4/c1-21-18(20)14-9-7-13(8-10-14)17-15(11-16(19)22-17)12-5-3-2-4-6-12/h2-10,15,17H,11H2,1H3/t15-,17-/m1/s1. The van der Waals surface area contributed by atoms with E-state index >= 15 is 0 Å². The van der Waals surface area contributed by atoms with Gasteiger partial charge in [0.2, 0.25) is 0 Å². The van der Waals surface area contributed by atoms with Crippen LogP contribution >= 0.6 is 0 Å². The molecule has 2 aromatic carbocycles. The molecule has 0 unspecified atom stereocenters. The van der Waals surface area contributed by atoms with E-state index in [1.165, 1.54) is 7.11 Å². The maximum atomic E-state index is 11.7. The van der Waals surface area contributed by atoms with Crippen LogP contribution in [0.15, 0.2) is 54.6 Å². The molecule has 4 nitrogen and oxygen atoms in total. The third-order valence-electron chi connectivity index (χ3n) is 3.90. The molecule has 0 radical (unpaired) electrons. The van der Waals surface area contributed by atoms with Gasteiger partial charge in [0.05, 0.1) is 19.1 Å². The monoisotopic (exact) mass is 296 g/mol. The van der Waals surface area contributed by atoms with Crippen molar-refractivity contribution in [2.24, 2.45) is 0 Å². The second-order valence-corrected chi connectivity index (χ2v) is 5.25. The average molecular weight is 296 g/mol. The van der Waals surface area contributed by atoms with Crippen molar-refractivity contribution in [3.8, 4) is 0 Å². The second kappa shape index (κ2) is 6.02. The van der Waals surface area contributed by atoms with E-state index in [1.807, 2.05) is 42.5 Å². The van der Waals surface area contributed by atoms with Gasteiger partial charge >= 0.3 is 11.9 Å². The minimum absolute atomic E-state index is 0.00215. The first-order chi connectivity index (χ1) is 10.7. The zero-order valence-electron chi connectivity index (χ0n) is 12.2. The van der Waals surface area contributed by atoms with Crippen molar-refractivity contribution in [2.45, 2.75) is 18.4 Å². The molecule has 0 N–H and O–H groups in total. The Morgan fingerprint density at radius 2 is 1.73 bits per heavy atom. The highest BCUT2D eigenvalue weighted by molar-refractivity contribution is 5.89. The van der Waals surface area contributed by atoms with Crippen LogP contribution in [0, 0.1) is 0 Å². The van der Waals surface area contributed by atoms with E-state index in [-0.39, 0.29) is 24.0 Å². The van der Waals surface area contributed by atoms with Gasteiger partial charge in [-0.05, 0) is 23.3 Å². The average Bonchev–Trinajstić information content (AvgIpc) is 2.97. The molecule has 1 fully saturated rings. The van der Waals surface area contributed by atoms with Gasteiger partial charge in [-0.2, -0.15) is 0 Å². The summed E-state index contributed by atoms with van der Waals surface area (Å²) in [5.74, 6) is -0.580. The van der Waals surface area contributed by atoms with Crippen molar-refractivity contribution in [3.63, 3.8) is 0 Å². The molecule has 0 saturated carbocycles. The summed E-state index contributed by atoms with van der Waals surface area (Å²) in [6.45, 7) is 0. The van der Waals surface area contributed by atoms with Gasteiger partial charge in [0.1, 0.15) is 6.10 Å². The normalized spacial score (nSPS) is 20.5. The minimum atomic E-state index is -0.380. The van der Waals surface area contributed by atoms with Gasteiger partial charge in [0, 0.05) is 5.92 Å². The van der Waals surface area contributed by atoms with Crippen molar-refractivity contribution in [1.29, 1.82) is 0 Å². The molecule has 1 heterocycles. The summed E-state index contributed by atoms with van der Waals surface area (Å²) in [7, 11) is 1.35. The Hall–Kier alpha value is -2.62. The highest BCUT2D eigenvalue weighted by Crippen LogP contribution is 2.42. The summed E-state index contributed by atoms with van der Waals surface area (Å²) in [5, 5.41) is 0. The maximum Gasteiger partial charge on any atom is 0.337 e.